The van der Waals surface area contributed by atoms with Gasteiger partial charge in [-0.1, -0.05) is 233 Å². The Bertz CT molecular complexity index is 1350. The second-order valence-corrected chi connectivity index (χ2v) is 32.0. The van der Waals surface area contributed by atoms with Gasteiger partial charge in [0.1, 0.15) is 81.9 Å². The quantitative estimate of drug-likeness (QED) is 0.0157. The summed E-state index contributed by atoms with van der Waals surface area (Å²) in [6.45, 7) is 15.7. The predicted octanol–water partition coefficient (Wildman–Crippen LogP) is 8.27. The minimum atomic E-state index is -5.82. The van der Waals surface area contributed by atoms with E-state index in [0.29, 0.717) is 44.1 Å². The number of unbranched alkanes of at least 4 members (excludes halogenated alkanes) is 28. The van der Waals surface area contributed by atoms with Gasteiger partial charge in [-0.2, -0.15) is 0 Å². The van der Waals surface area contributed by atoms with Gasteiger partial charge in [-0.05, 0) is 47.8 Å². The van der Waals surface area contributed by atoms with Crippen LogP contribution in [0, 0.1) is 0 Å². The van der Waals surface area contributed by atoms with E-state index in [0.717, 1.165) is 77.5 Å². The zero-order valence-electron chi connectivity index (χ0n) is 58.9. The van der Waals surface area contributed by atoms with Crippen molar-refractivity contribution in [2.75, 3.05) is 135 Å². The Morgan fingerprint density at radius 2 is 0.448 bits per heavy atom. The van der Waals surface area contributed by atoms with Crippen molar-refractivity contribution in [3.05, 3.63) is 0 Å². The number of aliphatic hydroxyl groups is 9. The lowest BCUT2D eigenvalue weighted by molar-refractivity contribution is -0.893. The molecule has 0 aliphatic rings. The van der Waals surface area contributed by atoms with Gasteiger partial charge < -0.3 is 92.6 Å². The van der Waals surface area contributed by atoms with Crippen molar-refractivity contribution in [3.63, 3.8) is 0 Å². The smallest absolute Gasteiger partial charge is 0.114 e. The lowest BCUT2D eigenvalue weighted by Crippen LogP contribution is -2.47. The highest BCUT2D eigenvalue weighted by Crippen LogP contribution is 2.58. The minimum Gasteiger partial charge on any atom is -0.808 e. The molecule has 532 valence electrons. The summed E-state index contributed by atoms with van der Waals surface area (Å²) in [7, 11) is 4.86. The molecule has 87 heavy (non-hydrogen) atoms. The fraction of sp³-hybridized carbons (Fsp3) is 1.00. The van der Waals surface area contributed by atoms with E-state index in [9.17, 15) is 49.1 Å². The van der Waals surface area contributed by atoms with Crippen LogP contribution in [0.5, 0.6) is 0 Å². The zero-order chi connectivity index (χ0) is 67.8. The van der Waals surface area contributed by atoms with Crippen LogP contribution in [-0.2, 0) is 9.13 Å². The van der Waals surface area contributed by atoms with Gasteiger partial charge in [-0.15, -0.1) is 0 Å². The molecule has 4 unspecified atom stereocenters. The molecule has 9 N–H and O–H groups in total. The van der Waals surface area contributed by atoms with Gasteiger partial charge in [0.2, 0.25) is 0 Å². The molecule has 0 amide bonds. The molecule has 0 fully saturated rings. The van der Waals surface area contributed by atoms with Gasteiger partial charge in [0.15, 0.2) is 0 Å². The Labute approximate surface area is 536 Å². The third-order valence-corrected chi connectivity index (χ3v) is 19.8. The molecule has 0 aliphatic carbocycles. The number of hydrogen-bond acceptors (Lipinski definition) is 15. The Hall–Kier alpha value is -0.220. The first-order valence-electron chi connectivity index (χ1n) is 34.8. The number of quaternary nitrogens is 4. The first kappa shape index (κ1) is 95.5. The highest BCUT2D eigenvalue weighted by molar-refractivity contribution is 7.69. The lowest BCUT2D eigenvalue weighted by atomic mass is 10.1. The maximum Gasteiger partial charge on any atom is 0.114 e. The monoisotopic (exact) mass is 1300 g/mol. The molecule has 0 aromatic heterocycles. The molecule has 19 nitrogen and oxygen atoms in total. The Morgan fingerprint density at radius 3 is 0.563 bits per heavy atom. The summed E-state index contributed by atoms with van der Waals surface area (Å²) in [6, 6.07) is 0. The molecule has 0 aliphatic heterocycles. The largest absolute Gasteiger partial charge is 0.808 e. The van der Waals surface area contributed by atoms with Crippen LogP contribution in [0.2, 0.25) is 0 Å². The van der Waals surface area contributed by atoms with Crippen LogP contribution in [0.1, 0.15) is 266 Å². The van der Waals surface area contributed by atoms with Crippen molar-refractivity contribution in [3.8, 4) is 0 Å². The molecule has 0 saturated carbocycles. The van der Waals surface area contributed by atoms with Crippen LogP contribution >= 0.6 is 15.2 Å². The standard InChI is InChI=1S/4C16H36NO2.C2H8O7P2/c4*1-4-5-6-7-8-9-10-11-12-16(19)15-17(2,3)13-14-18;1-2(3,10(4,5)6)11(7,8)9/h4*16,18-19H,4-15H2,1-3H3;3H,1H3,(H2,4,5,6)(H2,7,8,9)/q4*+1;/p-4. The van der Waals surface area contributed by atoms with E-state index in [1.165, 1.54) is 180 Å². The van der Waals surface area contributed by atoms with Gasteiger partial charge in [0.25, 0.3) is 0 Å². The Balaban J connectivity index is -0.000000325. The van der Waals surface area contributed by atoms with Crippen LogP contribution in [-0.4, -0.2) is 229 Å². The molecular weight excluding hydrogens is 1150 g/mol. The van der Waals surface area contributed by atoms with E-state index >= 15 is 0 Å². The van der Waals surface area contributed by atoms with Crippen molar-refractivity contribution in [1.82, 2.24) is 0 Å². The third kappa shape index (κ3) is 68.5. The predicted molar refractivity (Wildman–Crippen MR) is 354 cm³/mol. The van der Waals surface area contributed by atoms with Crippen molar-refractivity contribution < 1.29 is 92.6 Å². The van der Waals surface area contributed by atoms with Gasteiger partial charge in [-0.25, -0.2) is 0 Å². The second-order valence-electron chi connectivity index (χ2n) is 27.9. The summed E-state index contributed by atoms with van der Waals surface area (Å²) >= 11 is 0. The third-order valence-electron chi connectivity index (χ3n) is 16.2. The van der Waals surface area contributed by atoms with E-state index in [4.69, 9.17) is 25.5 Å². The molecule has 0 spiro atoms. The van der Waals surface area contributed by atoms with Gasteiger partial charge in [0.05, 0.1) is 82.8 Å². The number of rotatable bonds is 54. The maximum atomic E-state index is 9.99. The summed E-state index contributed by atoms with van der Waals surface area (Å²) in [5.74, 6) is 0. The molecule has 0 rings (SSSR count). The fourth-order valence-electron chi connectivity index (χ4n) is 10.3. The zero-order valence-corrected chi connectivity index (χ0v) is 60.7. The van der Waals surface area contributed by atoms with Crippen molar-refractivity contribution >= 4 is 15.2 Å². The van der Waals surface area contributed by atoms with Crippen LogP contribution in [0.25, 0.3) is 0 Å². The fourth-order valence-corrected chi connectivity index (χ4v) is 11.5. The molecule has 0 saturated heterocycles. The number of likely N-dealkylation sites (N-methyl/N-ethyl adjacent to an activating group) is 4. The number of hydrogen-bond donors (Lipinski definition) is 9. The van der Waals surface area contributed by atoms with Crippen LogP contribution in [0.3, 0.4) is 0 Å². The SMILES string of the molecule is CC(O)(P(=O)([O-])[O-])P(=O)([O-])[O-].CCCCCCCCCCC(O)C[N+](C)(C)CCO.CCCCCCCCCCC(O)C[N+](C)(C)CCO.CCCCCCCCCCC(O)C[N+](C)(C)CCO.CCCCCCCCCCC(O)C[N+](C)(C)CCO. The van der Waals surface area contributed by atoms with Crippen LogP contribution < -0.4 is 19.6 Å². The molecule has 0 radical (unpaired) electrons. The van der Waals surface area contributed by atoms with E-state index < -0.39 is 20.3 Å². The second kappa shape index (κ2) is 59.5. The molecular formula is C66H148N4O15P2. The minimum absolute atomic E-state index is 0.133. The van der Waals surface area contributed by atoms with E-state index in [1.807, 2.05) is 0 Å². The summed E-state index contributed by atoms with van der Waals surface area (Å²) in [5.41, 5.74) is 0. The molecule has 0 aromatic carbocycles. The number of aliphatic hydroxyl groups excluding tert-OH is 8. The lowest BCUT2D eigenvalue weighted by Gasteiger charge is -2.53. The van der Waals surface area contributed by atoms with E-state index in [1.54, 1.807) is 0 Å². The average molecular weight is 1300 g/mol. The maximum absolute atomic E-state index is 9.99. The van der Waals surface area contributed by atoms with Gasteiger partial charge >= 0.3 is 0 Å². The molecule has 21 heteroatoms. The first-order chi connectivity index (χ1) is 40.6. The normalized spacial score (nSPS) is 13.9. The average Bonchev–Trinajstić information content (AvgIpc) is 3.27. The van der Waals surface area contributed by atoms with Crippen molar-refractivity contribution in [1.29, 1.82) is 0 Å². The summed E-state index contributed by atoms with van der Waals surface area (Å²) < 4.78 is 22.7. The van der Waals surface area contributed by atoms with Crippen LogP contribution in [0.15, 0.2) is 0 Å². The van der Waals surface area contributed by atoms with Crippen molar-refractivity contribution in [2.45, 2.75) is 295 Å². The first-order valence-corrected chi connectivity index (χ1v) is 37.9. The molecule has 0 bridgehead atoms. The summed E-state index contributed by atoms with van der Waals surface area (Å²) in [5, 5.41) is 80.4. The molecule has 4 atom stereocenters. The van der Waals surface area contributed by atoms with E-state index in [-0.39, 0.29) is 57.8 Å². The van der Waals surface area contributed by atoms with E-state index in [2.05, 4.69) is 84.1 Å². The molecule has 0 aromatic rings. The summed E-state index contributed by atoms with van der Waals surface area (Å²) in [6.07, 6.45) is 44.6. The van der Waals surface area contributed by atoms with Gasteiger partial charge in [-0.3, -0.25) is 0 Å². The Morgan fingerprint density at radius 1 is 0.310 bits per heavy atom. The number of nitrogens with zero attached hydrogens (tertiary/aromatic N) is 4. The highest BCUT2D eigenvalue weighted by Gasteiger charge is 2.29. The Kier molecular flexibility index (Phi) is 65.3. The van der Waals surface area contributed by atoms with Crippen molar-refractivity contribution in [2.24, 2.45) is 0 Å². The van der Waals surface area contributed by atoms with Crippen LogP contribution in [0.4, 0.5) is 0 Å². The highest BCUT2D eigenvalue weighted by atomic mass is 31.2. The summed E-state index contributed by atoms with van der Waals surface area (Å²) in [4.78, 5) is 39.8. The molecule has 0 heterocycles. The van der Waals surface area contributed by atoms with Gasteiger partial charge in [0, 0.05) is 0 Å². The topological polar surface area (TPSA) is 308 Å².